The Bertz CT molecular complexity index is 786. The molecule has 0 saturated carbocycles. The molecule has 0 spiro atoms. The van der Waals surface area contributed by atoms with Crippen LogP contribution in [0.1, 0.15) is 5.56 Å². The number of benzene rings is 2. The van der Waals surface area contributed by atoms with E-state index in [0.717, 1.165) is 27.3 Å². The third-order valence-corrected chi connectivity index (χ3v) is 3.51. The lowest BCUT2D eigenvalue weighted by atomic mass is 10.2. The van der Waals surface area contributed by atoms with Crippen LogP contribution in [0.15, 0.2) is 42.5 Å². The van der Waals surface area contributed by atoms with Gasteiger partial charge in [-0.3, -0.25) is 4.57 Å². The maximum atomic E-state index is 5.99. The van der Waals surface area contributed by atoms with Crippen LogP contribution in [0.25, 0.3) is 16.7 Å². The number of hydrogen-bond donors (Lipinski definition) is 1. The summed E-state index contributed by atoms with van der Waals surface area (Å²) in [6.45, 7) is 2.03. The molecule has 1 N–H and O–H groups in total. The largest absolute Gasteiger partial charge is 0.330 e. The fourth-order valence-corrected chi connectivity index (χ4v) is 2.70. The van der Waals surface area contributed by atoms with Gasteiger partial charge >= 0.3 is 0 Å². The second-order valence-electron chi connectivity index (χ2n) is 4.21. The Morgan fingerprint density at radius 2 is 1.94 bits per heavy atom. The third-order valence-electron chi connectivity index (χ3n) is 2.99. The SMILES string of the molecule is Cc1cc(Cl)ccc1-n1c(=S)[nH]c2ccccc21. The zero-order valence-corrected chi connectivity index (χ0v) is 11.3. The first-order valence-electron chi connectivity index (χ1n) is 5.63. The predicted octanol–water partition coefficient (Wildman–Crippen LogP) is 4.65. The Morgan fingerprint density at radius 3 is 2.72 bits per heavy atom. The first kappa shape index (κ1) is 11.5. The number of halogens is 1. The summed E-state index contributed by atoms with van der Waals surface area (Å²) in [7, 11) is 0. The van der Waals surface area contributed by atoms with Gasteiger partial charge in [0.15, 0.2) is 4.77 Å². The van der Waals surface area contributed by atoms with Crippen LogP contribution in [0.5, 0.6) is 0 Å². The molecule has 0 saturated heterocycles. The molecule has 1 heterocycles. The van der Waals surface area contributed by atoms with E-state index in [2.05, 4.69) is 11.1 Å². The molecule has 2 aromatic carbocycles. The minimum Gasteiger partial charge on any atom is -0.330 e. The lowest BCUT2D eigenvalue weighted by Gasteiger charge is -2.08. The number of hydrogen-bond acceptors (Lipinski definition) is 1. The van der Waals surface area contributed by atoms with E-state index in [1.165, 1.54) is 0 Å². The summed E-state index contributed by atoms with van der Waals surface area (Å²) in [4.78, 5) is 3.21. The summed E-state index contributed by atoms with van der Waals surface area (Å²) in [6.07, 6.45) is 0. The molecule has 0 bridgehead atoms. The van der Waals surface area contributed by atoms with Crippen LogP contribution < -0.4 is 0 Å². The first-order valence-corrected chi connectivity index (χ1v) is 6.42. The van der Waals surface area contributed by atoms with Crippen LogP contribution in [0, 0.1) is 11.7 Å². The number of nitrogens with one attached hydrogen (secondary N) is 1. The van der Waals surface area contributed by atoms with E-state index < -0.39 is 0 Å². The monoisotopic (exact) mass is 274 g/mol. The van der Waals surface area contributed by atoms with E-state index >= 15 is 0 Å². The number of para-hydroxylation sites is 2. The lowest BCUT2D eigenvalue weighted by molar-refractivity contribution is 1.05. The van der Waals surface area contributed by atoms with Gasteiger partial charge in [0.25, 0.3) is 0 Å². The summed E-state index contributed by atoms with van der Waals surface area (Å²) in [5.74, 6) is 0. The van der Waals surface area contributed by atoms with E-state index in [0.29, 0.717) is 4.77 Å². The van der Waals surface area contributed by atoms with Gasteiger partial charge in [0.05, 0.1) is 16.7 Å². The fraction of sp³-hybridized carbons (Fsp3) is 0.0714. The number of aromatic amines is 1. The van der Waals surface area contributed by atoms with Crippen molar-refractivity contribution in [3.63, 3.8) is 0 Å². The summed E-state index contributed by atoms with van der Waals surface area (Å²) >= 11 is 11.4. The molecule has 18 heavy (non-hydrogen) atoms. The van der Waals surface area contributed by atoms with Crippen molar-refractivity contribution in [3.8, 4) is 5.69 Å². The highest BCUT2D eigenvalue weighted by Gasteiger charge is 2.08. The normalized spacial score (nSPS) is 11.0. The number of nitrogens with zero attached hydrogens (tertiary/aromatic N) is 1. The summed E-state index contributed by atoms with van der Waals surface area (Å²) in [5.41, 5.74) is 4.27. The minimum absolute atomic E-state index is 0.696. The van der Waals surface area contributed by atoms with Crippen LogP contribution in [-0.4, -0.2) is 9.55 Å². The number of aryl methyl sites for hydroxylation is 1. The number of aromatic nitrogens is 2. The molecule has 4 heteroatoms. The average molecular weight is 275 g/mol. The van der Waals surface area contributed by atoms with Gasteiger partial charge in [0.1, 0.15) is 0 Å². The van der Waals surface area contributed by atoms with Crippen molar-refractivity contribution in [3.05, 3.63) is 57.8 Å². The van der Waals surface area contributed by atoms with Crippen LogP contribution in [-0.2, 0) is 0 Å². The third kappa shape index (κ3) is 1.76. The smallest absolute Gasteiger partial charge is 0.182 e. The fourth-order valence-electron chi connectivity index (χ4n) is 2.16. The quantitative estimate of drug-likeness (QED) is 0.641. The summed E-state index contributed by atoms with van der Waals surface area (Å²) < 4.78 is 2.73. The molecule has 0 aliphatic heterocycles. The zero-order valence-electron chi connectivity index (χ0n) is 9.77. The van der Waals surface area contributed by atoms with Gasteiger partial charge < -0.3 is 4.98 Å². The Hall–Kier alpha value is -1.58. The Morgan fingerprint density at radius 1 is 1.17 bits per heavy atom. The van der Waals surface area contributed by atoms with Crippen LogP contribution in [0.2, 0.25) is 5.02 Å². The number of H-pyrrole nitrogens is 1. The first-order chi connectivity index (χ1) is 8.66. The van der Waals surface area contributed by atoms with Crippen molar-refractivity contribution in [2.75, 3.05) is 0 Å². The molecular formula is C14H11ClN2S. The highest BCUT2D eigenvalue weighted by atomic mass is 35.5. The Balaban J connectivity index is 2.38. The van der Waals surface area contributed by atoms with E-state index in [1.54, 1.807) is 0 Å². The van der Waals surface area contributed by atoms with Gasteiger partial charge in [-0.2, -0.15) is 0 Å². The van der Waals surface area contributed by atoms with Crippen molar-refractivity contribution < 1.29 is 0 Å². The van der Waals surface area contributed by atoms with E-state index in [-0.39, 0.29) is 0 Å². The summed E-state index contributed by atoms with van der Waals surface area (Å²) in [5, 5.41) is 0.739. The molecule has 90 valence electrons. The van der Waals surface area contributed by atoms with E-state index in [9.17, 15) is 0 Å². The molecule has 0 atom stereocenters. The molecule has 0 amide bonds. The standard InChI is InChI=1S/C14H11ClN2S/c1-9-8-10(15)6-7-12(9)17-13-5-3-2-4-11(13)16-14(17)18/h2-8H,1H3,(H,16,18). The van der Waals surface area contributed by atoms with Gasteiger partial charge in [-0.25, -0.2) is 0 Å². The second-order valence-corrected chi connectivity index (χ2v) is 5.04. The highest BCUT2D eigenvalue weighted by Crippen LogP contribution is 2.24. The van der Waals surface area contributed by atoms with Crippen LogP contribution in [0.3, 0.4) is 0 Å². The van der Waals surface area contributed by atoms with Crippen molar-refractivity contribution in [1.29, 1.82) is 0 Å². The number of imidazole rings is 1. The van der Waals surface area contributed by atoms with Crippen LogP contribution in [0.4, 0.5) is 0 Å². The van der Waals surface area contributed by atoms with E-state index in [4.69, 9.17) is 23.8 Å². The molecule has 0 aliphatic rings. The van der Waals surface area contributed by atoms with E-state index in [1.807, 2.05) is 47.9 Å². The van der Waals surface area contributed by atoms with Crippen molar-refractivity contribution in [1.82, 2.24) is 9.55 Å². The van der Waals surface area contributed by atoms with Crippen molar-refractivity contribution in [2.24, 2.45) is 0 Å². The van der Waals surface area contributed by atoms with Gasteiger partial charge in [0.2, 0.25) is 0 Å². The van der Waals surface area contributed by atoms with Gasteiger partial charge in [-0.15, -0.1) is 0 Å². The molecule has 3 rings (SSSR count). The van der Waals surface area contributed by atoms with Gasteiger partial charge in [-0.1, -0.05) is 23.7 Å². The molecule has 1 aromatic heterocycles. The topological polar surface area (TPSA) is 20.7 Å². The van der Waals surface area contributed by atoms with Crippen molar-refractivity contribution >= 4 is 34.9 Å². The lowest BCUT2D eigenvalue weighted by Crippen LogP contribution is -1.96. The molecule has 0 fully saturated rings. The van der Waals surface area contributed by atoms with Gasteiger partial charge in [-0.05, 0) is 55.0 Å². The Kier molecular flexibility index (Phi) is 2.73. The van der Waals surface area contributed by atoms with Crippen molar-refractivity contribution in [2.45, 2.75) is 6.92 Å². The second kappa shape index (κ2) is 4.26. The summed E-state index contributed by atoms with van der Waals surface area (Å²) in [6, 6.07) is 13.9. The minimum atomic E-state index is 0.696. The molecule has 0 aliphatic carbocycles. The highest BCUT2D eigenvalue weighted by molar-refractivity contribution is 7.71. The molecular weight excluding hydrogens is 264 g/mol. The number of fused-ring (bicyclic) bond motifs is 1. The molecule has 0 unspecified atom stereocenters. The molecule has 2 nitrogen and oxygen atoms in total. The number of rotatable bonds is 1. The maximum absolute atomic E-state index is 5.99. The average Bonchev–Trinajstić information content (AvgIpc) is 2.66. The maximum Gasteiger partial charge on any atom is 0.182 e. The van der Waals surface area contributed by atoms with Gasteiger partial charge in [0, 0.05) is 5.02 Å². The molecule has 3 aromatic rings. The zero-order chi connectivity index (χ0) is 12.7. The molecule has 0 radical (unpaired) electrons. The Labute approximate surface area is 115 Å². The van der Waals surface area contributed by atoms with Crippen LogP contribution >= 0.6 is 23.8 Å². The predicted molar refractivity (Wildman–Crippen MR) is 78.2 cm³/mol.